The van der Waals surface area contributed by atoms with Crippen LogP contribution in [0.5, 0.6) is 5.75 Å². The van der Waals surface area contributed by atoms with E-state index in [4.69, 9.17) is 4.74 Å². The fourth-order valence-electron chi connectivity index (χ4n) is 1.80. The molecule has 0 fully saturated rings. The van der Waals surface area contributed by atoms with Gasteiger partial charge in [-0.15, -0.1) is 0 Å². The van der Waals surface area contributed by atoms with Gasteiger partial charge >= 0.3 is 0 Å². The molecule has 1 aromatic carbocycles. The largest absolute Gasteiger partial charge is 0.489 e. The number of hydrogen-bond donors (Lipinski definition) is 1. The van der Waals surface area contributed by atoms with Crippen molar-refractivity contribution in [2.45, 2.75) is 12.5 Å². The zero-order valence-corrected chi connectivity index (χ0v) is 10.4. The fraction of sp³-hybridized carbons (Fsp3) is 0.267. The molecule has 18 heavy (non-hydrogen) atoms. The molecule has 0 heterocycles. The van der Waals surface area contributed by atoms with Gasteiger partial charge in [-0.3, -0.25) is 4.79 Å². The Hall–Kier alpha value is -1.87. The number of hydrogen-bond acceptors (Lipinski definition) is 3. The van der Waals surface area contributed by atoms with Crippen LogP contribution in [0.2, 0.25) is 0 Å². The molecule has 0 spiro atoms. The van der Waals surface area contributed by atoms with Crippen molar-refractivity contribution in [2.24, 2.45) is 0 Å². The van der Waals surface area contributed by atoms with Gasteiger partial charge < -0.3 is 10.1 Å². The number of nitrogens with one attached hydrogen (secondary N) is 1. The van der Waals surface area contributed by atoms with E-state index in [0.29, 0.717) is 18.2 Å². The average Bonchev–Trinajstić information content (AvgIpc) is 2.46. The summed E-state index contributed by atoms with van der Waals surface area (Å²) in [5.41, 5.74) is 1.84. The van der Waals surface area contributed by atoms with Crippen molar-refractivity contribution < 1.29 is 9.53 Å². The predicted molar refractivity (Wildman–Crippen MR) is 72.0 cm³/mol. The number of benzene rings is 1. The molecule has 3 heteroatoms. The first-order valence-electron chi connectivity index (χ1n) is 6.04. The summed E-state index contributed by atoms with van der Waals surface area (Å²) in [6.07, 6.45) is 8.24. The second kappa shape index (κ2) is 6.17. The Kier molecular flexibility index (Phi) is 4.31. The first-order valence-corrected chi connectivity index (χ1v) is 6.04. The van der Waals surface area contributed by atoms with Gasteiger partial charge in [-0.2, -0.15) is 0 Å². The van der Waals surface area contributed by atoms with Gasteiger partial charge in [0.05, 0.1) is 0 Å². The van der Waals surface area contributed by atoms with Crippen LogP contribution < -0.4 is 10.1 Å². The van der Waals surface area contributed by atoms with Gasteiger partial charge in [0.1, 0.15) is 18.6 Å². The molecule has 0 amide bonds. The van der Waals surface area contributed by atoms with Gasteiger partial charge in [-0.1, -0.05) is 18.2 Å². The lowest BCUT2D eigenvalue weighted by Crippen LogP contribution is -2.23. The number of likely N-dealkylation sites (N-methyl/N-ethyl adjacent to an activating group) is 1. The number of carbonyl (C=O) groups excluding carboxylic acids is 1. The van der Waals surface area contributed by atoms with Gasteiger partial charge in [-0.05, 0) is 43.3 Å². The third-order valence-corrected chi connectivity index (χ3v) is 2.97. The number of ether oxygens (including phenoxy) is 1. The molecule has 0 aliphatic heterocycles. The highest BCUT2D eigenvalue weighted by molar-refractivity contribution is 5.74. The molecule has 3 nitrogen and oxygen atoms in total. The average molecular weight is 243 g/mol. The normalized spacial score (nSPS) is 18.3. The van der Waals surface area contributed by atoms with E-state index in [0.717, 1.165) is 18.5 Å². The summed E-state index contributed by atoms with van der Waals surface area (Å²) in [6, 6.07) is 7.57. The Labute approximate surface area is 107 Å². The summed E-state index contributed by atoms with van der Waals surface area (Å²) >= 11 is 0. The SMILES string of the molecule is CNC1C=CC(COc2ccc(C=O)cc2)=CC1. The van der Waals surface area contributed by atoms with Gasteiger partial charge in [0, 0.05) is 11.6 Å². The first-order chi connectivity index (χ1) is 8.81. The molecule has 0 bridgehead atoms. The van der Waals surface area contributed by atoms with E-state index >= 15 is 0 Å². The maximum atomic E-state index is 10.5. The topological polar surface area (TPSA) is 38.3 Å². The second-order valence-corrected chi connectivity index (χ2v) is 4.24. The molecule has 94 valence electrons. The molecule has 1 aliphatic carbocycles. The lowest BCUT2D eigenvalue weighted by molar-refractivity contribution is 0.112. The Morgan fingerprint density at radius 1 is 1.39 bits per heavy atom. The van der Waals surface area contributed by atoms with Crippen LogP contribution in [-0.2, 0) is 0 Å². The summed E-state index contributed by atoms with van der Waals surface area (Å²) < 4.78 is 5.66. The van der Waals surface area contributed by atoms with Gasteiger partial charge in [0.2, 0.25) is 0 Å². The smallest absolute Gasteiger partial charge is 0.150 e. The molecule has 1 atom stereocenters. The lowest BCUT2D eigenvalue weighted by atomic mass is 10.0. The van der Waals surface area contributed by atoms with E-state index in [-0.39, 0.29) is 0 Å². The lowest BCUT2D eigenvalue weighted by Gasteiger charge is -2.15. The third-order valence-electron chi connectivity index (χ3n) is 2.97. The van der Waals surface area contributed by atoms with E-state index < -0.39 is 0 Å². The molecule has 1 N–H and O–H groups in total. The van der Waals surface area contributed by atoms with Gasteiger partial charge in [0.15, 0.2) is 0 Å². The number of carbonyl (C=O) groups is 1. The van der Waals surface area contributed by atoms with Crippen LogP contribution in [0.25, 0.3) is 0 Å². The predicted octanol–water partition coefficient (Wildman–Crippen LogP) is 2.35. The Morgan fingerprint density at radius 3 is 2.72 bits per heavy atom. The Bertz CT molecular complexity index is 460. The van der Waals surface area contributed by atoms with E-state index in [1.54, 1.807) is 12.1 Å². The number of rotatable bonds is 5. The van der Waals surface area contributed by atoms with E-state index in [1.807, 2.05) is 19.2 Å². The quantitative estimate of drug-likeness (QED) is 0.807. The zero-order valence-electron chi connectivity index (χ0n) is 10.4. The first kappa shape index (κ1) is 12.6. The van der Waals surface area contributed by atoms with Crippen LogP contribution >= 0.6 is 0 Å². The number of aldehydes is 1. The summed E-state index contributed by atoms with van der Waals surface area (Å²) in [5.74, 6) is 0.783. The highest BCUT2D eigenvalue weighted by Crippen LogP contribution is 2.15. The minimum Gasteiger partial charge on any atom is -0.489 e. The molecular formula is C15H17NO2. The molecule has 1 aliphatic rings. The van der Waals surface area contributed by atoms with E-state index in [9.17, 15) is 4.79 Å². The standard InChI is InChI=1S/C15H17NO2/c1-16-14-6-2-13(3-7-14)11-18-15-8-4-12(10-17)5-9-15/h2-6,8-10,14,16H,7,11H2,1H3. The maximum absolute atomic E-state index is 10.5. The molecule has 0 saturated heterocycles. The van der Waals surface area contributed by atoms with Crippen molar-refractivity contribution in [1.82, 2.24) is 5.32 Å². The third kappa shape index (κ3) is 3.31. The Morgan fingerprint density at radius 2 is 2.17 bits per heavy atom. The molecule has 0 aromatic heterocycles. The van der Waals surface area contributed by atoms with Crippen molar-refractivity contribution in [3.63, 3.8) is 0 Å². The monoisotopic (exact) mass is 243 g/mol. The van der Waals surface area contributed by atoms with Gasteiger partial charge in [-0.25, -0.2) is 0 Å². The summed E-state index contributed by atoms with van der Waals surface area (Å²) in [5, 5.41) is 3.21. The summed E-state index contributed by atoms with van der Waals surface area (Å²) in [4.78, 5) is 10.5. The highest BCUT2D eigenvalue weighted by atomic mass is 16.5. The molecule has 0 radical (unpaired) electrons. The van der Waals surface area contributed by atoms with Crippen LogP contribution in [0.4, 0.5) is 0 Å². The van der Waals surface area contributed by atoms with Crippen LogP contribution in [0.1, 0.15) is 16.8 Å². The molecule has 1 unspecified atom stereocenters. The molecule has 0 saturated carbocycles. The fourth-order valence-corrected chi connectivity index (χ4v) is 1.80. The van der Waals surface area contributed by atoms with Crippen molar-refractivity contribution in [1.29, 1.82) is 0 Å². The maximum Gasteiger partial charge on any atom is 0.150 e. The highest BCUT2D eigenvalue weighted by Gasteiger charge is 2.06. The van der Waals surface area contributed by atoms with Crippen LogP contribution in [0.3, 0.4) is 0 Å². The van der Waals surface area contributed by atoms with Crippen molar-refractivity contribution in [3.8, 4) is 5.75 Å². The van der Waals surface area contributed by atoms with Crippen molar-refractivity contribution in [2.75, 3.05) is 13.7 Å². The zero-order chi connectivity index (χ0) is 12.8. The van der Waals surface area contributed by atoms with E-state index in [2.05, 4.69) is 23.5 Å². The molecule has 1 aromatic rings. The molecule has 2 rings (SSSR count). The van der Waals surface area contributed by atoms with Crippen LogP contribution in [-0.4, -0.2) is 26.0 Å². The summed E-state index contributed by atoms with van der Waals surface area (Å²) in [6.45, 7) is 0.563. The van der Waals surface area contributed by atoms with E-state index in [1.165, 1.54) is 5.57 Å². The van der Waals surface area contributed by atoms with Crippen molar-refractivity contribution in [3.05, 3.63) is 53.6 Å². The minimum atomic E-state index is 0.431. The van der Waals surface area contributed by atoms with Gasteiger partial charge in [0.25, 0.3) is 0 Å². The summed E-state index contributed by atoms with van der Waals surface area (Å²) in [7, 11) is 1.96. The minimum absolute atomic E-state index is 0.431. The molecular weight excluding hydrogens is 226 g/mol. The van der Waals surface area contributed by atoms with Crippen LogP contribution in [0, 0.1) is 0 Å². The second-order valence-electron chi connectivity index (χ2n) is 4.24. The Balaban J connectivity index is 1.86. The van der Waals surface area contributed by atoms with Crippen LogP contribution in [0.15, 0.2) is 48.1 Å². The van der Waals surface area contributed by atoms with Crippen molar-refractivity contribution >= 4 is 6.29 Å².